The number of aryl methyl sites for hydroxylation is 1. The summed E-state index contributed by atoms with van der Waals surface area (Å²) in [6.45, 7) is 1.26. The number of aliphatic hydroxyl groups excluding tert-OH is 1. The van der Waals surface area contributed by atoms with E-state index >= 15 is 0 Å². The summed E-state index contributed by atoms with van der Waals surface area (Å²) >= 11 is 0. The molecule has 0 aliphatic carbocycles. The van der Waals surface area contributed by atoms with E-state index in [1.807, 2.05) is 42.5 Å². The summed E-state index contributed by atoms with van der Waals surface area (Å²) in [5, 5.41) is 12.2. The van der Waals surface area contributed by atoms with E-state index < -0.39 is 0 Å². The smallest absolute Gasteiger partial charge is 0.224 e. The molecule has 2 amide bonds. The zero-order valence-corrected chi connectivity index (χ0v) is 17.9. The molecule has 2 aromatic carbocycles. The third kappa shape index (κ3) is 6.72. The Morgan fingerprint density at radius 2 is 1.87 bits per heavy atom. The molecule has 1 aliphatic rings. The highest BCUT2D eigenvalue weighted by Gasteiger charge is 2.16. The minimum Gasteiger partial charge on any atom is -0.497 e. The predicted molar refractivity (Wildman–Crippen MR) is 118 cm³/mol. The molecule has 7 heteroatoms. The second kappa shape index (κ2) is 11.4. The molecule has 2 aromatic rings. The Labute approximate surface area is 183 Å². The van der Waals surface area contributed by atoms with Crippen molar-refractivity contribution in [3.8, 4) is 11.5 Å². The molecule has 0 radical (unpaired) electrons. The molecule has 31 heavy (non-hydrogen) atoms. The SMILES string of the molecule is COc1ccc(CCN(CCO)C(=O)CCCOc2ccc3c(c2)CCC(=O)N3)cc1. The molecule has 0 bridgehead atoms. The van der Waals surface area contributed by atoms with E-state index in [4.69, 9.17) is 9.47 Å². The van der Waals surface area contributed by atoms with E-state index in [0.717, 1.165) is 34.7 Å². The van der Waals surface area contributed by atoms with Gasteiger partial charge in [0.25, 0.3) is 0 Å². The fraction of sp³-hybridized carbons (Fsp3) is 0.417. The van der Waals surface area contributed by atoms with Crippen molar-refractivity contribution in [1.29, 1.82) is 0 Å². The summed E-state index contributed by atoms with van der Waals surface area (Å²) < 4.78 is 11.0. The van der Waals surface area contributed by atoms with Crippen molar-refractivity contribution < 1.29 is 24.2 Å². The molecule has 0 unspecified atom stereocenters. The highest BCUT2D eigenvalue weighted by molar-refractivity contribution is 5.94. The minimum atomic E-state index is -0.0590. The number of ether oxygens (including phenoxy) is 2. The second-order valence-electron chi connectivity index (χ2n) is 7.52. The summed E-state index contributed by atoms with van der Waals surface area (Å²) in [4.78, 5) is 25.7. The number of hydrogen-bond donors (Lipinski definition) is 2. The van der Waals surface area contributed by atoms with Crippen molar-refractivity contribution in [2.45, 2.75) is 32.1 Å². The molecule has 0 atom stereocenters. The van der Waals surface area contributed by atoms with Crippen LogP contribution in [0.3, 0.4) is 0 Å². The monoisotopic (exact) mass is 426 g/mol. The zero-order chi connectivity index (χ0) is 22.1. The van der Waals surface area contributed by atoms with Crippen LogP contribution in [0.2, 0.25) is 0 Å². The normalized spacial score (nSPS) is 12.6. The number of rotatable bonds is 11. The number of carbonyl (C=O) groups is 2. The molecule has 0 saturated heterocycles. The van der Waals surface area contributed by atoms with Gasteiger partial charge in [0.1, 0.15) is 11.5 Å². The van der Waals surface area contributed by atoms with Gasteiger partial charge in [-0.3, -0.25) is 9.59 Å². The number of carbonyl (C=O) groups excluding carboxylic acids is 2. The predicted octanol–water partition coefficient (Wildman–Crippen LogP) is 2.80. The molecule has 0 fully saturated rings. The van der Waals surface area contributed by atoms with Gasteiger partial charge in [0.05, 0.1) is 20.3 Å². The van der Waals surface area contributed by atoms with Gasteiger partial charge in [-0.2, -0.15) is 0 Å². The van der Waals surface area contributed by atoms with Crippen LogP contribution in [0.15, 0.2) is 42.5 Å². The first-order valence-electron chi connectivity index (χ1n) is 10.7. The average molecular weight is 427 g/mol. The van der Waals surface area contributed by atoms with Crippen molar-refractivity contribution >= 4 is 17.5 Å². The third-order valence-electron chi connectivity index (χ3n) is 5.33. The van der Waals surface area contributed by atoms with Crippen molar-refractivity contribution in [2.75, 3.05) is 38.7 Å². The Morgan fingerprint density at radius 3 is 2.61 bits per heavy atom. The maximum Gasteiger partial charge on any atom is 0.224 e. The summed E-state index contributed by atoms with van der Waals surface area (Å²) in [7, 11) is 1.63. The van der Waals surface area contributed by atoms with Gasteiger partial charge in [-0.25, -0.2) is 0 Å². The Morgan fingerprint density at radius 1 is 1.10 bits per heavy atom. The average Bonchev–Trinajstić information content (AvgIpc) is 2.79. The zero-order valence-electron chi connectivity index (χ0n) is 17.9. The third-order valence-corrected chi connectivity index (χ3v) is 5.33. The molecular formula is C24H30N2O5. The van der Waals surface area contributed by atoms with Gasteiger partial charge >= 0.3 is 0 Å². The van der Waals surface area contributed by atoms with Gasteiger partial charge in [-0.1, -0.05) is 12.1 Å². The quantitative estimate of drug-likeness (QED) is 0.540. The highest BCUT2D eigenvalue weighted by Crippen LogP contribution is 2.26. The number of methoxy groups -OCH3 is 1. The lowest BCUT2D eigenvalue weighted by Gasteiger charge is -2.22. The Kier molecular flexibility index (Phi) is 8.29. The highest BCUT2D eigenvalue weighted by atomic mass is 16.5. The second-order valence-corrected chi connectivity index (χ2v) is 7.52. The van der Waals surface area contributed by atoms with Crippen LogP contribution < -0.4 is 14.8 Å². The Bertz CT molecular complexity index is 882. The number of nitrogens with zero attached hydrogens (tertiary/aromatic N) is 1. The number of benzene rings is 2. The van der Waals surface area contributed by atoms with Crippen LogP contribution in [-0.4, -0.2) is 55.2 Å². The Balaban J connectivity index is 1.42. The largest absolute Gasteiger partial charge is 0.497 e. The number of anilines is 1. The van der Waals surface area contributed by atoms with E-state index in [1.165, 1.54) is 0 Å². The summed E-state index contributed by atoms with van der Waals surface area (Å²) in [5.41, 5.74) is 3.03. The Hall–Kier alpha value is -3.06. The van der Waals surface area contributed by atoms with Crippen LogP contribution >= 0.6 is 0 Å². The lowest BCUT2D eigenvalue weighted by Crippen LogP contribution is -2.35. The number of hydrogen-bond acceptors (Lipinski definition) is 5. The van der Waals surface area contributed by atoms with Crippen molar-refractivity contribution in [3.63, 3.8) is 0 Å². The fourth-order valence-corrected chi connectivity index (χ4v) is 3.56. The van der Waals surface area contributed by atoms with E-state index in [-0.39, 0.29) is 18.4 Å². The number of fused-ring (bicyclic) bond motifs is 1. The molecule has 1 heterocycles. The maximum absolute atomic E-state index is 12.6. The van der Waals surface area contributed by atoms with Gasteiger partial charge < -0.3 is 24.8 Å². The van der Waals surface area contributed by atoms with E-state index in [1.54, 1.807) is 12.0 Å². The number of nitrogens with one attached hydrogen (secondary N) is 1. The van der Waals surface area contributed by atoms with Gasteiger partial charge in [0.15, 0.2) is 0 Å². The van der Waals surface area contributed by atoms with Gasteiger partial charge in [0, 0.05) is 31.6 Å². The van der Waals surface area contributed by atoms with Crippen LogP contribution in [-0.2, 0) is 22.4 Å². The van der Waals surface area contributed by atoms with Crippen molar-refractivity contribution in [2.24, 2.45) is 0 Å². The molecule has 2 N–H and O–H groups in total. The topological polar surface area (TPSA) is 88.1 Å². The fourth-order valence-electron chi connectivity index (χ4n) is 3.56. The van der Waals surface area contributed by atoms with Crippen LogP contribution in [0.25, 0.3) is 0 Å². The van der Waals surface area contributed by atoms with Crippen LogP contribution in [0, 0.1) is 0 Å². The van der Waals surface area contributed by atoms with Gasteiger partial charge in [0.2, 0.25) is 11.8 Å². The molecule has 1 aliphatic heterocycles. The molecule has 7 nitrogen and oxygen atoms in total. The minimum absolute atomic E-state index is 0.0133. The maximum atomic E-state index is 12.6. The van der Waals surface area contributed by atoms with Gasteiger partial charge in [-0.05, 0) is 60.7 Å². The molecule has 0 aromatic heterocycles. The lowest BCUT2D eigenvalue weighted by molar-refractivity contribution is -0.132. The molecule has 166 valence electrons. The van der Waals surface area contributed by atoms with E-state index in [2.05, 4.69) is 5.32 Å². The summed E-state index contributed by atoms with van der Waals surface area (Å²) in [6, 6.07) is 13.4. The van der Waals surface area contributed by atoms with Crippen LogP contribution in [0.4, 0.5) is 5.69 Å². The first kappa shape index (κ1) is 22.6. The standard InChI is InChI=1S/C24H30N2O5/c1-30-20-7-4-18(5-8-20)12-13-26(14-15-27)24(29)3-2-16-31-21-9-10-22-19(17-21)6-11-23(28)25-22/h4-5,7-10,17,27H,2-3,6,11-16H2,1H3,(H,25,28). The lowest BCUT2D eigenvalue weighted by atomic mass is 10.0. The first-order valence-corrected chi connectivity index (χ1v) is 10.7. The molecule has 3 rings (SSSR count). The van der Waals surface area contributed by atoms with Crippen LogP contribution in [0.1, 0.15) is 30.4 Å². The van der Waals surface area contributed by atoms with E-state index in [9.17, 15) is 14.7 Å². The van der Waals surface area contributed by atoms with E-state index in [0.29, 0.717) is 45.4 Å². The first-order chi connectivity index (χ1) is 15.1. The van der Waals surface area contributed by atoms with Crippen LogP contribution in [0.5, 0.6) is 11.5 Å². The number of amides is 2. The van der Waals surface area contributed by atoms with Crippen molar-refractivity contribution in [1.82, 2.24) is 4.90 Å². The number of aliphatic hydroxyl groups is 1. The van der Waals surface area contributed by atoms with Gasteiger partial charge in [-0.15, -0.1) is 0 Å². The summed E-state index contributed by atoms with van der Waals surface area (Å²) in [6.07, 6.45) is 2.88. The molecular weight excluding hydrogens is 396 g/mol. The van der Waals surface area contributed by atoms with Crippen molar-refractivity contribution in [3.05, 3.63) is 53.6 Å². The molecule has 0 spiro atoms. The summed E-state index contributed by atoms with van der Waals surface area (Å²) in [5.74, 6) is 1.60. The molecule has 0 saturated carbocycles.